The van der Waals surface area contributed by atoms with E-state index >= 15 is 0 Å². The van der Waals surface area contributed by atoms with Crippen molar-refractivity contribution in [2.24, 2.45) is 5.41 Å². The number of nitrogens with one attached hydrogen (secondary N) is 1. The average molecular weight is 341 g/mol. The number of hydrogen-bond donors (Lipinski definition) is 1. The Bertz CT molecular complexity index is 588. The lowest BCUT2D eigenvalue weighted by atomic mass is 10.0. The zero-order chi connectivity index (χ0) is 15.7. The smallest absolute Gasteiger partial charge is 0.240 e. The van der Waals surface area contributed by atoms with E-state index < -0.39 is 5.41 Å². The van der Waals surface area contributed by atoms with E-state index in [1.54, 1.807) is 18.2 Å². The molecule has 1 aliphatic heterocycles. The van der Waals surface area contributed by atoms with E-state index in [0.29, 0.717) is 28.6 Å². The second-order valence-corrected chi connectivity index (χ2v) is 6.80. The molecule has 0 radical (unpaired) electrons. The first-order valence-corrected chi connectivity index (χ1v) is 8.35. The molecule has 22 heavy (non-hydrogen) atoms. The van der Waals surface area contributed by atoms with Crippen LogP contribution in [0.2, 0.25) is 10.0 Å². The number of carbonyl (C=O) groups is 2. The van der Waals surface area contributed by atoms with Crippen LogP contribution in [0.15, 0.2) is 18.2 Å². The highest BCUT2D eigenvalue weighted by molar-refractivity contribution is 6.40. The molecule has 0 aromatic heterocycles. The molecule has 0 atom stereocenters. The van der Waals surface area contributed by atoms with Crippen molar-refractivity contribution in [3.8, 4) is 0 Å². The summed E-state index contributed by atoms with van der Waals surface area (Å²) >= 11 is 12.2. The van der Waals surface area contributed by atoms with Gasteiger partial charge in [-0.3, -0.25) is 9.59 Å². The number of amides is 2. The molecule has 3 rings (SSSR count). The van der Waals surface area contributed by atoms with Crippen molar-refractivity contribution < 1.29 is 9.59 Å². The molecule has 1 saturated carbocycles. The number of anilines is 1. The van der Waals surface area contributed by atoms with Gasteiger partial charge in [0.1, 0.15) is 5.41 Å². The monoisotopic (exact) mass is 340 g/mol. The Kier molecular flexibility index (Phi) is 4.33. The number of benzene rings is 1. The van der Waals surface area contributed by atoms with Gasteiger partial charge >= 0.3 is 0 Å². The Balaban J connectivity index is 1.75. The van der Waals surface area contributed by atoms with Crippen LogP contribution in [-0.2, 0) is 9.59 Å². The molecule has 4 nitrogen and oxygen atoms in total. The van der Waals surface area contributed by atoms with Crippen molar-refractivity contribution in [1.82, 2.24) is 4.90 Å². The molecule has 1 aromatic carbocycles. The molecule has 2 amide bonds. The molecular weight excluding hydrogens is 323 g/mol. The lowest BCUT2D eigenvalue weighted by Gasteiger charge is -2.30. The summed E-state index contributed by atoms with van der Waals surface area (Å²) in [7, 11) is 0. The van der Waals surface area contributed by atoms with Crippen molar-refractivity contribution >= 4 is 40.7 Å². The summed E-state index contributed by atoms with van der Waals surface area (Å²) in [5.74, 6) is -0.342. The molecule has 0 bridgehead atoms. The number of rotatable bonds is 3. The number of nitrogens with zero attached hydrogens (tertiary/aromatic N) is 1. The fourth-order valence-corrected chi connectivity index (χ4v) is 3.41. The van der Waals surface area contributed by atoms with Crippen molar-refractivity contribution in [3.05, 3.63) is 28.2 Å². The highest BCUT2D eigenvalue weighted by atomic mass is 35.5. The van der Waals surface area contributed by atoms with Crippen molar-refractivity contribution in [2.45, 2.75) is 32.1 Å². The number of halogens is 2. The summed E-state index contributed by atoms with van der Waals surface area (Å²) in [4.78, 5) is 27.1. The summed E-state index contributed by atoms with van der Waals surface area (Å²) in [6, 6.07) is 5.04. The Morgan fingerprint density at radius 3 is 2.18 bits per heavy atom. The Morgan fingerprint density at radius 1 is 1.05 bits per heavy atom. The third kappa shape index (κ3) is 2.82. The van der Waals surface area contributed by atoms with E-state index in [1.165, 1.54) is 0 Å². The highest BCUT2D eigenvalue weighted by Crippen LogP contribution is 2.49. The second-order valence-electron chi connectivity index (χ2n) is 5.99. The van der Waals surface area contributed by atoms with Crippen LogP contribution in [0.1, 0.15) is 32.1 Å². The van der Waals surface area contributed by atoms with E-state index in [4.69, 9.17) is 23.2 Å². The van der Waals surface area contributed by atoms with Crippen molar-refractivity contribution in [3.63, 3.8) is 0 Å². The van der Waals surface area contributed by atoms with E-state index in [9.17, 15) is 9.59 Å². The van der Waals surface area contributed by atoms with Crippen LogP contribution < -0.4 is 5.32 Å². The van der Waals surface area contributed by atoms with Gasteiger partial charge in [-0.15, -0.1) is 0 Å². The third-order valence-corrected chi connectivity index (χ3v) is 5.07. The first-order chi connectivity index (χ1) is 10.5. The molecule has 118 valence electrons. The zero-order valence-electron chi connectivity index (χ0n) is 12.2. The third-order valence-electron chi connectivity index (χ3n) is 4.44. The highest BCUT2D eigenvalue weighted by Gasteiger charge is 2.58. The molecule has 1 N–H and O–H groups in total. The van der Waals surface area contributed by atoms with Gasteiger partial charge in [-0.05, 0) is 44.2 Å². The molecule has 2 fully saturated rings. The molecule has 2 aliphatic rings. The maximum absolute atomic E-state index is 12.7. The van der Waals surface area contributed by atoms with Crippen LogP contribution in [0.4, 0.5) is 5.69 Å². The first-order valence-electron chi connectivity index (χ1n) is 7.59. The molecule has 1 heterocycles. The van der Waals surface area contributed by atoms with Gasteiger partial charge in [-0.2, -0.15) is 0 Å². The fraction of sp³-hybridized carbons (Fsp3) is 0.500. The van der Waals surface area contributed by atoms with Crippen LogP contribution in [-0.4, -0.2) is 29.8 Å². The predicted octanol–water partition coefficient (Wildman–Crippen LogP) is 3.72. The van der Waals surface area contributed by atoms with Gasteiger partial charge in [0.25, 0.3) is 0 Å². The zero-order valence-corrected chi connectivity index (χ0v) is 13.7. The Morgan fingerprint density at radius 2 is 1.64 bits per heavy atom. The molecule has 6 heteroatoms. The predicted molar refractivity (Wildman–Crippen MR) is 87.2 cm³/mol. The summed E-state index contributed by atoms with van der Waals surface area (Å²) in [5, 5.41) is 3.50. The number of likely N-dealkylation sites (tertiary alicyclic amines) is 1. The molecule has 1 aromatic rings. The summed E-state index contributed by atoms with van der Waals surface area (Å²) in [5.41, 5.74) is -0.534. The van der Waals surface area contributed by atoms with Gasteiger partial charge in [-0.25, -0.2) is 0 Å². The van der Waals surface area contributed by atoms with E-state index in [0.717, 1.165) is 32.4 Å². The summed E-state index contributed by atoms with van der Waals surface area (Å²) in [6.07, 6.45) is 4.37. The fourth-order valence-electron chi connectivity index (χ4n) is 2.91. The first kappa shape index (κ1) is 15.6. The van der Waals surface area contributed by atoms with Gasteiger partial charge < -0.3 is 10.2 Å². The molecule has 0 spiro atoms. The van der Waals surface area contributed by atoms with Crippen LogP contribution in [0.25, 0.3) is 0 Å². The lowest BCUT2D eigenvalue weighted by Crippen LogP contribution is -2.45. The van der Waals surface area contributed by atoms with E-state index in [1.807, 2.05) is 4.90 Å². The van der Waals surface area contributed by atoms with Gasteiger partial charge in [0.05, 0.1) is 15.7 Å². The van der Waals surface area contributed by atoms with E-state index in [-0.39, 0.29) is 11.8 Å². The quantitative estimate of drug-likeness (QED) is 0.852. The standard InChI is InChI=1S/C16H18Cl2N2O2/c17-11-5-4-6-12(18)13(11)19-14(21)16(7-8-16)15(22)20-9-2-1-3-10-20/h4-6H,1-3,7-10H2,(H,19,21). The van der Waals surface area contributed by atoms with E-state index in [2.05, 4.69) is 5.32 Å². The minimum Gasteiger partial charge on any atom is -0.342 e. The van der Waals surface area contributed by atoms with Crippen LogP contribution in [0.3, 0.4) is 0 Å². The molecule has 1 saturated heterocycles. The van der Waals surface area contributed by atoms with Crippen molar-refractivity contribution in [1.29, 1.82) is 0 Å². The lowest BCUT2D eigenvalue weighted by molar-refractivity contribution is -0.143. The van der Waals surface area contributed by atoms with Crippen LogP contribution in [0, 0.1) is 5.41 Å². The van der Waals surface area contributed by atoms with Gasteiger partial charge in [0.2, 0.25) is 11.8 Å². The second kappa shape index (κ2) is 6.09. The SMILES string of the molecule is O=C(Nc1c(Cl)cccc1Cl)C1(C(=O)N2CCCCC2)CC1. The molecule has 1 aliphatic carbocycles. The number of piperidine rings is 1. The Labute approximate surface area is 139 Å². The summed E-state index contributed by atoms with van der Waals surface area (Å²) < 4.78 is 0. The van der Waals surface area contributed by atoms with Gasteiger partial charge in [0.15, 0.2) is 0 Å². The summed E-state index contributed by atoms with van der Waals surface area (Å²) in [6.45, 7) is 1.50. The number of para-hydroxylation sites is 1. The maximum Gasteiger partial charge on any atom is 0.240 e. The Hall–Kier alpha value is -1.26. The topological polar surface area (TPSA) is 49.4 Å². The molecule has 0 unspecified atom stereocenters. The number of carbonyl (C=O) groups excluding carboxylic acids is 2. The number of hydrogen-bond acceptors (Lipinski definition) is 2. The van der Waals surface area contributed by atoms with Gasteiger partial charge in [-0.1, -0.05) is 29.3 Å². The van der Waals surface area contributed by atoms with Crippen LogP contribution in [0.5, 0.6) is 0 Å². The van der Waals surface area contributed by atoms with Crippen molar-refractivity contribution in [2.75, 3.05) is 18.4 Å². The average Bonchev–Trinajstić information content (AvgIpc) is 3.33. The minimum atomic E-state index is -0.917. The molecular formula is C16H18Cl2N2O2. The normalized spacial score (nSPS) is 19.6. The van der Waals surface area contributed by atoms with Crippen LogP contribution >= 0.6 is 23.2 Å². The van der Waals surface area contributed by atoms with Gasteiger partial charge in [0, 0.05) is 13.1 Å². The largest absolute Gasteiger partial charge is 0.342 e. The maximum atomic E-state index is 12.7. The minimum absolute atomic E-state index is 0.0483.